The lowest BCUT2D eigenvalue weighted by Crippen LogP contribution is -2.07. The molecular formula is C15H15ClIN. The minimum atomic E-state index is 0.263. The highest BCUT2D eigenvalue weighted by molar-refractivity contribution is 14.1. The maximum atomic E-state index is 5.90. The van der Waals surface area contributed by atoms with Crippen molar-refractivity contribution >= 4 is 39.9 Å². The van der Waals surface area contributed by atoms with Crippen molar-refractivity contribution in [2.24, 2.45) is 0 Å². The van der Waals surface area contributed by atoms with Crippen LogP contribution in [0.3, 0.4) is 0 Å². The molecule has 94 valence electrons. The normalized spacial score (nSPS) is 12.2. The Morgan fingerprint density at radius 3 is 2.44 bits per heavy atom. The standard InChI is InChI=1S/C15H15ClIN/c1-10-14(17)4-3-5-15(10)18-11(2)12-6-8-13(16)9-7-12/h3-9,11,18H,1-2H3. The van der Waals surface area contributed by atoms with Crippen LogP contribution >= 0.6 is 34.2 Å². The number of rotatable bonds is 3. The number of hydrogen-bond donors (Lipinski definition) is 1. The van der Waals surface area contributed by atoms with Gasteiger partial charge in [0.05, 0.1) is 0 Å². The van der Waals surface area contributed by atoms with Crippen LogP contribution in [-0.2, 0) is 0 Å². The van der Waals surface area contributed by atoms with Crippen LogP contribution in [0.4, 0.5) is 5.69 Å². The molecule has 0 heterocycles. The van der Waals surface area contributed by atoms with Gasteiger partial charge in [0.1, 0.15) is 0 Å². The smallest absolute Gasteiger partial charge is 0.0485 e. The van der Waals surface area contributed by atoms with E-state index in [-0.39, 0.29) is 6.04 Å². The minimum Gasteiger partial charge on any atom is -0.378 e. The van der Waals surface area contributed by atoms with Gasteiger partial charge in [-0.2, -0.15) is 0 Å². The summed E-state index contributed by atoms with van der Waals surface area (Å²) >= 11 is 8.26. The van der Waals surface area contributed by atoms with Crippen molar-refractivity contribution in [1.82, 2.24) is 0 Å². The Kier molecular flexibility index (Phi) is 4.51. The van der Waals surface area contributed by atoms with Crippen LogP contribution in [0.1, 0.15) is 24.1 Å². The van der Waals surface area contributed by atoms with E-state index in [1.165, 1.54) is 20.4 Å². The molecule has 1 nitrogen and oxygen atoms in total. The van der Waals surface area contributed by atoms with E-state index in [9.17, 15) is 0 Å². The molecule has 2 aromatic carbocycles. The molecule has 0 amide bonds. The molecule has 0 fully saturated rings. The summed E-state index contributed by atoms with van der Waals surface area (Å²) in [4.78, 5) is 0. The predicted octanol–water partition coefficient (Wildman–Crippen LogP) is 5.43. The molecule has 0 aliphatic heterocycles. The molecule has 1 atom stereocenters. The van der Waals surface area contributed by atoms with Crippen LogP contribution in [0.15, 0.2) is 42.5 Å². The van der Waals surface area contributed by atoms with Crippen LogP contribution in [0.2, 0.25) is 5.02 Å². The molecule has 0 bridgehead atoms. The molecule has 0 radical (unpaired) electrons. The average Bonchev–Trinajstić information content (AvgIpc) is 2.36. The zero-order valence-corrected chi connectivity index (χ0v) is 13.3. The highest BCUT2D eigenvalue weighted by Crippen LogP contribution is 2.25. The Morgan fingerprint density at radius 1 is 1.11 bits per heavy atom. The van der Waals surface area contributed by atoms with Gasteiger partial charge in [0.2, 0.25) is 0 Å². The van der Waals surface area contributed by atoms with Crippen LogP contribution in [0, 0.1) is 10.5 Å². The summed E-state index contributed by atoms with van der Waals surface area (Å²) in [5, 5.41) is 4.31. The first kappa shape index (κ1) is 13.7. The molecule has 1 unspecified atom stereocenters. The van der Waals surface area contributed by atoms with Crippen LogP contribution in [0.5, 0.6) is 0 Å². The second-order valence-corrected chi connectivity index (χ2v) is 5.93. The summed E-state index contributed by atoms with van der Waals surface area (Å²) in [6.45, 7) is 4.29. The van der Waals surface area contributed by atoms with Crippen LogP contribution in [-0.4, -0.2) is 0 Å². The molecule has 0 saturated carbocycles. The molecule has 2 rings (SSSR count). The average molecular weight is 372 g/mol. The highest BCUT2D eigenvalue weighted by Gasteiger charge is 2.07. The largest absolute Gasteiger partial charge is 0.378 e. The molecular weight excluding hydrogens is 357 g/mol. The van der Waals surface area contributed by atoms with Crippen LogP contribution < -0.4 is 5.32 Å². The van der Waals surface area contributed by atoms with E-state index in [4.69, 9.17) is 11.6 Å². The van der Waals surface area contributed by atoms with Gasteiger partial charge in [-0.25, -0.2) is 0 Å². The van der Waals surface area contributed by atoms with E-state index in [0.29, 0.717) is 0 Å². The van der Waals surface area contributed by atoms with Gasteiger partial charge >= 0.3 is 0 Å². The van der Waals surface area contributed by atoms with Gasteiger partial charge in [0.25, 0.3) is 0 Å². The quantitative estimate of drug-likeness (QED) is 0.710. The lowest BCUT2D eigenvalue weighted by Gasteiger charge is -2.18. The number of hydrogen-bond acceptors (Lipinski definition) is 1. The lowest BCUT2D eigenvalue weighted by molar-refractivity contribution is 0.882. The van der Waals surface area contributed by atoms with Gasteiger partial charge in [0.15, 0.2) is 0 Å². The van der Waals surface area contributed by atoms with Crippen molar-refractivity contribution in [1.29, 1.82) is 0 Å². The molecule has 2 aromatic rings. The van der Waals surface area contributed by atoms with Gasteiger partial charge in [0, 0.05) is 20.3 Å². The third-order valence-electron chi connectivity index (χ3n) is 3.01. The molecule has 0 aliphatic carbocycles. The monoisotopic (exact) mass is 371 g/mol. The van der Waals surface area contributed by atoms with E-state index in [1.54, 1.807) is 0 Å². The van der Waals surface area contributed by atoms with Gasteiger partial charge in [-0.05, 0) is 71.8 Å². The van der Waals surface area contributed by atoms with Crippen molar-refractivity contribution in [2.45, 2.75) is 19.9 Å². The van der Waals surface area contributed by atoms with E-state index in [0.717, 1.165) is 5.02 Å². The Hall–Kier alpha value is -0.740. The minimum absolute atomic E-state index is 0.263. The fraction of sp³-hybridized carbons (Fsp3) is 0.200. The number of nitrogens with one attached hydrogen (secondary N) is 1. The second kappa shape index (κ2) is 5.93. The van der Waals surface area contributed by atoms with Crippen molar-refractivity contribution < 1.29 is 0 Å². The van der Waals surface area contributed by atoms with Gasteiger partial charge in [-0.3, -0.25) is 0 Å². The highest BCUT2D eigenvalue weighted by atomic mass is 127. The third kappa shape index (κ3) is 3.18. The lowest BCUT2D eigenvalue weighted by atomic mass is 10.1. The second-order valence-electron chi connectivity index (χ2n) is 4.33. The fourth-order valence-electron chi connectivity index (χ4n) is 1.83. The molecule has 0 aliphatic rings. The Morgan fingerprint density at radius 2 is 1.78 bits per heavy atom. The van der Waals surface area contributed by atoms with Crippen molar-refractivity contribution in [3.8, 4) is 0 Å². The fourth-order valence-corrected chi connectivity index (χ4v) is 2.46. The topological polar surface area (TPSA) is 12.0 Å². The summed E-state index contributed by atoms with van der Waals surface area (Å²) in [6.07, 6.45) is 0. The zero-order chi connectivity index (χ0) is 13.1. The Bertz CT molecular complexity index is 537. The maximum Gasteiger partial charge on any atom is 0.0485 e. The zero-order valence-electron chi connectivity index (χ0n) is 10.4. The summed E-state index contributed by atoms with van der Waals surface area (Å²) in [7, 11) is 0. The maximum absolute atomic E-state index is 5.90. The Labute approximate surface area is 127 Å². The van der Waals surface area contributed by atoms with Gasteiger partial charge in [-0.1, -0.05) is 29.8 Å². The first-order valence-electron chi connectivity index (χ1n) is 5.85. The van der Waals surface area contributed by atoms with Crippen LogP contribution in [0.25, 0.3) is 0 Å². The summed E-state index contributed by atoms with van der Waals surface area (Å²) in [6, 6.07) is 14.5. The number of benzene rings is 2. The van der Waals surface area contributed by atoms with E-state index in [1.807, 2.05) is 12.1 Å². The van der Waals surface area contributed by atoms with Crippen molar-refractivity contribution in [3.63, 3.8) is 0 Å². The summed E-state index contributed by atoms with van der Waals surface area (Å²) in [5.41, 5.74) is 3.71. The Balaban J connectivity index is 2.18. The van der Waals surface area contributed by atoms with Crippen molar-refractivity contribution in [3.05, 3.63) is 62.2 Å². The molecule has 0 spiro atoms. The van der Waals surface area contributed by atoms with E-state index < -0.39 is 0 Å². The molecule has 0 saturated heterocycles. The summed E-state index contributed by atoms with van der Waals surface area (Å²) < 4.78 is 1.28. The molecule has 3 heteroatoms. The molecule has 18 heavy (non-hydrogen) atoms. The first-order chi connectivity index (χ1) is 8.58. The van der Waals surface area contributed by atoms with E-state index in [2.05, 4.69) is 72.1 Å². The third-order valence-corrected chi connectivity index (χ3v) is 4.43. The SMILES string of the molecule is Cc1c(I)cccc1NC(C)c1ccc(Cl)cc1. The van der Waals surface area contributed by atoms with E-state index >= 15 is 0 Å². The summed E-state index contributed by atoms with van der Waals surface area (Å²) in [5.74, 6) is 0. The number of halogens is 2. The van der Waals surface area contributed by atoms with Gasteiger partial charge in [-0.15, -0.1) is 0 Å². The number of anilines is 1. The van der Waals surface area contributed by atoms with Gasteiger partial charge < -0.3 is 5.32 Å². The molecule has 1 N–H and O–H groups in total. The van der Waals surface area contributed by atoms with Crippen molar-refractivity contribution in [2.75, 3.05) is 5.32 Å². The first-order valence-corrected chi connectivity index (χ1v) is 7.30. The molecule has 0 aromatic heterocycles. The predicted molar refractivity (Wildman–Crippen MR) is 87.4 cm³/mol.